The van der Waals surface area contributed by atoms with Gasteiger partial charge in [0.2, 0.25) is 0 Å². The molecule has 18 heavy (non-hydrogen) atoms. The highest BCUT2D eigenvalue weighted by Crippen LogP contribution is 2.19. The van der Waals surface area contributed by atoms with E-state index in [0.717, 1.165) is 16.7 Å². The van der Waals surface area contributed by atoms with Crippen molar-refractivity contribution in [1.29, 1.82) is 0 Å². The second-order valence-electron chi connectivity index (χ2n) is 4.61. The first kappa shape index (κ1) is 12.5. The van der Waals surface area contributed by atoms with Gasteiger partial charge in [-0.2, -0.15) is 0 Å². The molecule has 2 heteroatoms. The largest absolute Gasteiger partial charge is 0.289 e. The zero-order valence-corrected chi connectivity index (χ0v) is 10.8. The molecular formula is C16H15FO. The van der Waals surface area contributed by atoms with Gasteiger partial charge in [-0.15, -0.1) is 0 Å². The number of carbonyl (C=O) groups excluding carboxylic acids is 1. The number of carbonyl (C=O) groups is 1. The number of halogens is 1. The molecule has 0 bridgehead atoms. The molecule has 0 aliphatic carbocycles. The predicted molar refractivity (Wildman–Crippen MR) is 70.5 cm³/mol. The summed E-state index contributed by atoms with van der Waals surface area (Å²) in [6.07, 6.45) is 0. The molecule has 0 spiro atoms. The zero-order chi connectivity index (χ0) is 13.3. The molecule has 0 amide bonds. The third kappa shape index (κ3) is 2.33. The van der Waals surface area contributed by atoms with Crippen molar-refractivity contribution in [2.24, 2.45) is 0 Å². The van der Waals surface area contributed by atoms with Gasteiger partial charge in [0.05, 0.1) is 0 Å². The fourth-order valence-electron chi connectivity index (χ4n) is 2.18. The van der Waals surface area contributed by atoms with Gasteiger partial charge in [-0.05, 0) is 55.7 Å². The number of hydrogen-bond acceptors (Lipinski definition) is 1. The number of hydrogen-bond donors (Lipinski definition) is 0. The number of rotatable bonds is 2. The van der Waals surface area contributed by atoms with Crippen LogP contribution in [-0.2, 0) is 0 Å². The molecule has 0 aliphatic heterocycles. The Kier molecular flexibility index (Phi) is 3.28. The molecule has 0 atom stereocenters. The van der Waals surface area contributed by atoms with Crippen LogP contribution in [0.5, 0.6) is 0 Å². The van der Waals surface area contributed by atoms with Crippen molar-refractivity contribution < 1.29 is 9.18 Å². The summed E-state index contributed by atoms with van der Waals surface area (Å²) < 4.78 is 13.4. The summed E-state index contributed by atoms with van der Waals surface area (Å²) in [7, 11) is 0. The molecule has 1 nitrogen and oxygen atoms in total. The first-order chi connectivity index (χ1) is 8.49. The Labute approximate surface area is 106 Å². The lowest BCUT2D eigenvalue weighted by molar-refractivity contribution is 0.103. The monoisotopic (exact) mass is 242 g/mol. The fourth-order valence-corrected chi connectivity index (χ4v) is 2.18. The molecule has 0 N–H and O–H groups in total. The molecule has 92 valence electrons. The van der Waals surface area contributed by atoms with E-state index in [0.29, 0.717) is 11.1 Å². The van der Waals surface area contributed by atoms with E-state index in [-0.39, 0.29) is 11.6 Å². The fraction of sp³-hybridized carbons (Fsp3) is 0.188. The first-order valence-corrected chi connectivity index (χ1v) is 5.87. The van der Waals surface area contributed by atoms with Crippen molar-refractivity contribution in [1.82, 2.24) is 0 Å². The van der Waals surface area contributed by atoms with Gasteiger partial charge in [0.1, 0.15) is 5.82 Å². The normalized spacial score (nSPS) is 10.4. The van der Waals surface area contributed by atoms with Gasteiger partial charge in [-0.1, -0.05) is 18.2 Å². The molecule has 0 saturated heterocycles. The topological polar surface area (TPSA) is 17.1 Å². The van der Waals surface area contributed by atoms with Crippen molar-refractivity contribution in [2.75, 3.05) is 0 Å². The highest BCUT2D eigenvalue weighted by atomic mass is 19.1. The lowest BCUT2D eigenvalue weighted by Gasteiger charge is -2.09. The van der Waals surface area contributed by atoms with E-state index in [1.54, 1.807) is 13.0 Å². The number of benzene rings is 2. The van der Waals surface area contributed by atoms with Crippen molar-refractivity contribution in [3.05, 3.63) is 70.0 Å². The summed E-state index contributed by atoms with van der Waals surface area (Å²) >= 11 is 0. The van der Waals surface area contributed by atoms with Crippen molar-refractivity contribution in [3.8, 4) is 0 Å². The minimum absolute atomic E-state index is 0.117. The van der Waals surface area contributed by atoms with Crippen LogP contribution in [-0.4, -0.2) is 5.78 Å². The molecule has 0 saturated carbocycles. The van der Waals surface area contributed by atoms with Gasteiger partial charge >= 0.3 is 0 Å². The summed E-state index contributed by atoms with van der Waals surface area (Å²) in [6, 6.07) is 10.1. The van der Waals surface area contributed by atoms with E-state index in [2.05, 4.69) is 0 Å². The average Bonchev–Trinajstić information content (AvgIpc) is 2.27. The second kappa shape index (κ2) is 4.73. The third-order valence-corrected chi connectivity index (χ3v) is 3.01. The van der Waals surface area contributed by atoms with Crippen molar-refractivity contribution >= 4 is 5.78 Å². The Morgan fingerprint density at radius 3 is 2.17 bits per heavy atom. The molecule has 0 unspecified atom stereocenters. The lowest BCUT2D eigenvalue weighted by atomic mass is 9.94. The highest BCUT2D eigenvalue weighted by Gasteiger charge is 2.15. The Balaban J connectivity index is 2.55. The van der Waals surface area contributed by atoms with E-state index >= 15 is 0 Å². The van der Waals surface area contributed by atoms with Gasteiger partial charge < -0.3 is 0 Å². The number of aryl methyl sites for hydroxylation is 3. The Morgan fingerprint density at radius 2 is 1.61 bits per heavy atom. The van der Waals surface area contributed by atoms with Crippen LogP contribution >= 0.6 is 0 Å². The Bertz CT molecular complexity index is 574. The van der Waals surface area contributed by atoms with Gasteiger partial charge in [0, 0.05) is 11.1 Å². The summed E-state index contributed by atoms with van der Waals surface area (Å²) in [4.78, 5) is 12.4. The maximum Gasteiger partial charge on any atom is 0.193 e. The summed E-state index contributed by atoms with van der Waals surface area (Å²) in [5.41, 5.74) is 3.67. The molecule has 0 aromatic heterocycles. The van der Waals surface area contributed by atoms with E-state index in [1.165, 1.54) is 12.1 Å². The average molecular weight is 242 g/mol. The summed E-state index contributed by atoms with van der Waals surface area (Å²) in [6.45, 7) is 5.57. The molecule has 0 heterocycles. The smallest absolute Gasteiger partial charge is 0.193 e. The van der Waals surface area contributed by atoms with Crippen LogP contribution in [0.4, 0.5) is 4.39 Å². The maximum absolute atomic E-state index is 13.4. The third-order valence-electron chi connectivity index (χ3n) is 3.01. The number of ketones is 1. The molecule has 2 rings (SSSR count). The van der Waals surface area contributed by atoms with E-state index in [9.17, 15) is 9.18 Å². The second-order valence-corrected chi connectivity index (χ2v) is 4.61. The standard InChI is InChI=1S/C16H15FO/c1-10-7-13(9-14(17)8-10)16(18)15-11(2)5-4-6-12(15)3/h4-9H,1-3H3. The molecule has 0 aliphatic rings. The minimum atomic E-state index is -0.371. The predicted octanol–water partition coefficient (Wildman–Crippen LogP) is 3.98. The van der Waals surface area contributed by atoms with Crippen LogP contribution in [0.25, 0.3) is 0 Å². The zero-order valence-electron chi connectivity index (χ0n) is 10.8. The van der Waals surface area contributed by atoms with Crippen LogP contribution in [0.3, 0.4) is 0 Å². The van der Waals surface area contributed by atoms with Gasteiger partial charge in [0.15, 0.2) is 5.78 Å². The van der Waals surface area contributed by atoms with Crippen LogP contribution in [0.1, 0.15) is 32.6 Å². The minimum Gasteiger partial charge on any atom is -0.289 e. The maximum atomic E-state index is 13.4. The van der Waals surface area contributed by atoms with E-state index < -0.39 is 0 Å². The Morgan fingerprint density at radius 1 is 1.00 bits per heavy atom. The van der Waals surface area contributed by atoms with Crippen molar-refractivity contribution in [3.63, 3.8) is 0 Å². The van der Waals surface area contributed by atoms with Crippen LogP contribution in [0.2, 0.25) is 0 Å². The molecule has 2 aromatic carbocycles. The van der Waals surface area contributed by atoms with Crippen LogP contribution in [0.15, 0.2) is 36.4 Å². The summed E-state index contributed by atoms with van der Waals surface area (Å²) in [5.74, 6) is -0.488. The molecule has 0 fully saturated rings. The quantitative estimate of drug-likeness (QED) is 0.728. The van der Waals surface area contributed by atoms with Crippen LogP contribution in [0, 0.1) is 26.6 Å². The van der Waals surface area contributed by atoms with Gasteiger partial charge in [0.25, 0.3) is 0 Å². The lowest BCUT2D eigenvalue weighted by Crippen LogP contribution is -2.07. The highest BCUT2D eigenvalue weighted by molar-refractivity contribution is 6.10. The van der Waals surface area contributed by atoms with Crippen LogP contribution < -0.4 is 0 Å². The van der Waals surface area contributed by atoms with Gasteiger partial charge in [-0.3, -0.25) is 4.79 Å². The van der Waals surface area contributed by atoms with E-state index in [1.807, 2.05) is 32.0 Å². The van der Waals surface area contributed by atoms with Gasteiger partial charge in [-0.25, -0.2) is 4.39 Å². The Hall–Kier alpha value is -1.96. The molecule has 0 radical (unpaired) electrons. The summed E-state index contributed by atoms with van der Waals surface area (Å²) in [5, 5.41) is 0. The van der Waals surface area contributed by atoms with E-state index in [4.69, 9.17) is 0 Å². The molecule has 2 aromatic rings. The first-order valence-electron chi connectivity index (χ1n) is 5.87. The van der Waals surface area contributed by atoms with Crippen molar-refractivity contribution in [2.45, 2.75) is 20.8 Å². The SMILES string of the molecule is Cc1cc(F)cc(C(=O)c2c(C)cccc2C)c1. The molecular weight excluding hydrogens is 227 g/mol.